The van der Waals surface area contributed by atoms with Gasteiger partial charge in [-0.15, -0.1) is 0 Å². The van der Waals surface area contributed by atoms with Gasteiger partial charge in [0, 0.05) is 7.05 Å². The molecule has 1 aromatic heterocycles. The zero-order valence-corrected chi connectivity index (χ0v) is 15.3. The highest BCUT2D eigenvalue weighted by atomic mass is 16.5. The third-order valence-corrected chi connectivity index (χ3v) is 4.38. The molecule has 3 rings (SSSR count). The highest BCUT2D eigenvalue weighted by Crippen LogP contribution is 2.33. The fourth-order valence-electron chi connectivity index (χ4n) is 2.93. The van der Waals surface area contributed by atoms with Crippen LogP contribution >= 0.6 is 0 Å². The molecule has 0 saturated heterocycles. The standard InChI is InChI=1S/C19H20N2O6/c1-11-14(19(24)25)8-13(26-11)9-20(3)17(22)10-21-15-6-4-5-7-16(15)27-12(2)18(21)23/h4-8,12H,9-10H2,1-3H3,(H,24,25)/t12-/m0/s1. The first-order valence-corrected chi connectivity index (χ1v) is 8.41. The fraction of sp³-hybridized carbons (Fsp3) is 0.316. The van der Waals surface area contributed by atoms with Crippen molar-refractivity contribution >= 4 is 23.5 Å². The second-order valence-corrected chi connectivity index (χ2v) is 6.39. The molecule has 8 heteroatoms. The molecule has 2 heterocycles. The number of hydrogen-bond acceptors (Lipinski definition) is 5. The van der Waals surface area contributed by atoms with E-state index >= 15 is 0 Å². The van der Waals surface area contributed by atoms with Gasteiger partial charge in [-0.3, -0.25) is 14.5 Å². The first-order chi connectivity index (χ1) is 12.8. The van der Waals surface area contributed by atoms with Crippen molar-refractivity contribution in [3.8, 4) is 5.75 Å². The molecule has 8 nitrogen and oxygen atoms in total. The van der Waals surface area contributed by atoms with Crippen LogP contribution < -0.4 is 9.64 Å². The first-order valence-electron chi connectivity index (χ1n) is 8.41. The molecule has 0 spiro atoms. The fourth-order valence-corrected chi connectivity index (χ4v) is 2.93. The highest BCUT2D eigenvalue weighted by molar-refractivity contribution is 6.03. The minimum atomic E-state index is -1.08. The molecule has 0 bridgehead atoms. The number of rotatable bonds is 5. The molecule has 0 saturated carbocycles. The predicted octanol–water partition coefficient (Wildman–Crippen LogP) is 2.06. The number of aromatic carboxylic acids is 1. The summed E-state index contributed by atoms with van der Waals surface area (Å²) in [6.45, 7) is 3.15. The Morgan fingerprint density at radius 2 is 2.00 bits per heavy atom. The van der Waals surface area contributed by atoms with Crippen molar-refractivity contribution < 1.29 is 28.6 Å². The topological polar surface area (TPSA) is 100 Å². The van der Waals surface area contributed by atoms with Crippen molar-refractivity contribution in [2.75, 3.05) is 18.5 Å². The Hall–Kier alpha value is -3.29. The molecule has 2 amide bonds. The van der Waals surface area contributed by atoms with Gasteiger partial charge in [0.05, 0.1) is 12.2 Å². The van der Waals surface area contributed by atoms with E-state index in [0.717, 1.165) is 0 Å². The minimum Gasteiger partial charge on any atom is -0.479 e. The molecule has 2 aromatic rings. The lowest BCUT2D eigenvalue weighted by Gasteiger charge is -2.33. The summed E-state index contributed by atoms with van der Waals surface area (Å²) in [5.74, 6) is -0.489. The molecule has 27 heavy (non-hydrogen) atoms. The summed E-state index contributed by atoms with van der Waals surface area (Å²) < 4.78 is 11.0. The van der Waals surface area contributed by atoms with Crippen LogP contribution in [-0.4, -0.2) is 47.5 Å². The maximum absolute atomic E-state index is 12.6. The van der Waals surface area contributed by atoms with Gasteiger partial charge in [-0.25, -0.2) is 4.79 Å². The van der Waals surface area contributed by atoms with Gasteiger partial charge >= 0.3 is 5.97 Å². The molecule has 1 aliphatic rings. The van der Waals surface area contributed by atoms with Gasteiger partial charge in [0.2, 0.25) is 5.91 Å². The SMILES string of the molecule is Cc1oc(CN(C)C(=O)CN2C(=O)[C@H](C)Oc3ccccc32)cc1C(=O)O. The van der Waals surface area contributed by atoms with E-state index in [1.54, 1.807) is 45.2 Å². The number of aryl methyl sites for hydroxylation is 1. The average Bonchev–Trinajstić information content (AvgIpc) is 2.99. The molecule has 0 aliphatic carbocycles. The van der Waals surface area contributed by atoms with Gasteiger partial charge in [0.15, 0.2) is 6.10 Å². The quantitative estimate of drug-likeness (QED) is 0.862. The van der Waals surface area contributed by atoms with Crippen molar-refractivity contribution in [2.24, 2.45) is 0 Å². The number of likely N-dealkylation sites (N-methyl/N-ethyl adjacent to an activating group) is 1. The number of carboxylic acid groups (broad SMARTS) is 1. The number of fused-ring (bicyclic) bond motifs is 1. The van der Waals surface area contributed by atoms with Crippen LogP contribution in [0.25, 0.3) is 0 Å². The Morgan fingerprint density at radius 1 is 1.30 bits per heavy atom. The van der Waals surface area contributed by atoms with Crippen molar-refractivity contribution in [1.82, 2.24) is 4.90 Å². The summed E-state index contributed by atoms with van der Waals surface area (Å²) in [6.07, 6.45) is -0.677. The van der Waals surface area contributed by atoms with E-state index in [0.29, 0.717) is 17.2 Å². The summed E-state index contributed by atoms with van der Waals surface area (Å²) in [4.78, 5) is 39.0. The van der Waals surface area contributed by atoms with Crippen LogP contribution in [0.2, 0.25) is 0 Å². The zero-order valence-electron chi connectivity index (χ0n) is 15.3. The Balaban J connectivity index is 1.74. The molecular weight excluding hydrogens is 352 g/mol. The summed E-state index contributed by atoms with van der Waals surface area (Å²) in [7, 11) is 1.57. The minimum absolute atomic E-state index is 0.0666. The number of carbonyl (C=O) groups is 3. The van der Waals surface area contributed by atoms with Gasteiger partial charge in [0.25, 0.3) is 5.91 Å². The van der Waals surface area contributed by atoms with E-state index < -0.39 is 12.1 Å². The number of nitrogens with zero attached hydrogens (tertiary/aromatic N) is 2. The molecular formula is C19H20N2O6. The Labute approximate surface area is 155 Å². The van der Waals surface area contributed by atoms with Crippen molar-refractivity contribution in [3.05, 3.63) is 47.4 Å². The van der Waals surface area contributed by atoms with E-state index in [2.05, 4.69) is 0 Å². The van der Waals surface area contributed by atoms with Crippen molar-refractivity contribution in [1.29, 1.82) is 0 Å². The van der Waals surface area contributed by atoms with Crippen LogP contribution in [0.3, 0.4) is 0 Å². The van der Waals surface area contributed by atoms with Gasteiger partial charge in [-0.2, -0.15) is 0 Å². The third-order valence-electron chi connectivity index (χ3n) is 4.38. The number of benzene rings is 1. The lowest BCUT2D eigenvalue weighted by Crippen LogP contribution is -2.48. The molecule has 1 atom stereocenters. The van der Waals surface area contributed by atoms with E-state index in [9.17, 15) is 14.4 Å². The third kappa shape index (κ3) is 3.64. The average molecular weight is 372 g/mol. The maximum Gasteiger partial charge on any atom is 0.339 e. The normalized spacial score (nSPS) is 15.9. The van der Waals surface area contributed by atoms with Gasteiger partial charge < -0.3 is 19.2 Å². The van der Waals surface area contributed by atoms with E-state index in [4.69, 9.17) is 14.3 Å². The van der Waals surface area contributed by atoms with Crippen LogP contribution in [0.4, 0.5) is 5.69 Å². The molecule has 0 unspecified atom stereocenters. The Kier molecular flexibility index (Phi) is 4.89. The molecule has 1 N–H and O–H groups in total. The summed E-state index contributed by atoms with van der Waals surface area (Å²) in [5.41, 5.74) is 0.612. The predicted molar refractivity (Wildman–Crippen MR) is 95.8 cm³/mol. The lowest BCUT2D eigenvalue weighted by molar-refractivity contribution is -0.132. The number of carbonyl (C=O) groups excluding carboxylic acids is 2. The van der Waals surface area contributed by atoms with Crippen LogP contribution in [0.5, 0.6) is 5.75 Å². The van der Waals surface area contributed by atoms with Crippen molar-refractivity contribution in [2.45, 2.75) is 26.5 Å². The Bertz CT molecular complexity index is 903. The number of para-hydroxylation sites is 2. The monoisotopic (exact) mass is 372 g/mol. The van der Waals surface area contributed by atoms with Crippen LogP contribution in [-0.2, 0) is 16.1 Å². The summed E-state index contributed by atoms with van der Waals surface area (Å²) in [5, 5.41) is 9.09. The zero-order chi connectivity index (χ0) is 19.7. The highest BCUT2D eigenvalue weighted by Gasteiger charge is 2.33. The van der Waals surface area contributed by atoms with E-state index in [1.807, 2.05) is 0 Å². The number of anilines is 1. The lowest BCUT2D eigenvalue weighted by atomic mass is 10.2. The number of ether oxygens (including phenoxy) is 1. The number of carboxylic acids is 1. The van der Waals surface area contributed by atoms with E-state index in [-0.39, 0.29) is 36.2 Å². The molecule has 0 radical (unpaired) electrons. The summed E-state index contributed by atoms with van der Waals surface area (Å²) >= 11 is 0. The van der Waals surface area contributed by atoms with Gasteiger partial charge in [-0.1, -0.05) is 12.1 Å². The first kappa shape index (κ1) is 18.5. The smallest absolute Gasteiger partial charge is 0.339 e. The van der Waals surface area contributed by atoms with Crippen LogP contribution in [0, 0.1) is 6.92 Å². The number of amides is 2. The van der Waals surface area contributed by atoms with Crippen molar-refractivity contribution in [3.63, 3.8) is 0 Å². The Morgan fingerprint density at radius 3 is 2.67 bits per heavy atom. The van der Waals surface area contributed by atoms with Crippen LogP contribution in [0.15, 0.2) is 34.7 Å². The second kappa shape index (κ2) is 7.14. The molecule has 142 valence electrons. The largest absolute Gasteiger partial charge is 0.479 e. The number of furan rings is 1. The van der Waals surface area contributed by atoms with Gasteiger partial charge in [-0.05, 0) is 32.0 Å². The maximum atomic E-state index is 12.6. The van der Waals surface area contributed by atoms with E-state index in [1.165, 1.54) is 15.9 Å². The van der Waals surface area contributed by atoms with Crippen LogP contribution in [0.1, 0.15) is 28.8 Å². The molecule has 1 aliphatic heterocycles. The second-order valence-electron chi connectivity index (χ2n) is 6.39. The summed E-state index contributed by atoms with van der Waals surface area (Å²) in [6, 6.07) is 8.44. The molecule has 1 aromatic carbocycles. The molecule has 0 fully saturated rings. The van der Waals surface area contributed by atoms with Gasteiger partial charge in [0.1, 0.15) is 29.4 Å². The number of hydrogen-bond donors (Lipinski definition) is 1.